The fraction of sp³-hybridized carbons (Fsp3) is 0.538. The minimum Gasteiger partial charge on any atom is -0.494 e. The lowest BCUT2D eigenvalue weighted by atomic mass is 10.3. The average molecular weight is 239 g/mol. The molecule has 0 aromatic heterocycles. The molecule has 1 aromatic rings. The Morgan fingerprint density at radius 2 is 2.06 bits per heavy atom. The summed E-state index contributed by atoms with van der Waals surface area (Å²) in [6.07, 6.45) is 0.476. The van der Waals surface area contributed by atoms with E-state index in [1.165, 1.54) is 0 Å². The van der Waals surface area contributed by atoms with Crippen molar-refractivity contribution in [1.82, 2.24) is 5.32 Å². The molecule has 0 radical (unpaired) electrons. The van der Waals surface area contributed by atoms with E-state index in [1.807, 2.05) is 30.3 Å². The van der Waals surface area contributed by atoms with Gasteiger partial charge in [0.2, 0.25) is 0 Å². The SMILES string of the molecule is COCC(O)CNCCCOc1ccccc1. The molecule has 4 nitrogen and oxygen atoms in total. The van der Waals surface area contributed by atoms with Gasteiger partial charge in [-0.25, -0.2) is 0 Å². The third-order valence-electron chi connectivity index (χ3n) is 2.25. The van der Waals surface area contributed by atoms with Gasteiger partial charge in [-0.2, -0.15) is 0 Å². The Morgan fingerprint density at radius 3 is 2.76 bits per heavy atom. The van der Waals surface area contributed by atoms with Crippen LogP contribution in [0.4, 0.5) is 0 Å². The minimum absolute atomic E-state index is 0.369. The van der Waals surface area contributed by atoms with Crippen LogP contribution in [0, 0.1) is 0 Å². The van der Waals surface area contributed by atoms with E-state index < -0.39 is 6.10 Å². The maximum absolute atomic E-state index is 9.36. The summed E-state index contributed by atoms with van der Waals surface area (Å²) in [7, 11) is 1.58. The zero-order chi connectivity index (χ0) is 12.3. The van der Waals surface area contributed by atoms with Crippen LogP contribution >= 0.6 is 0 Å². The fourth-order valence-corrected chi connectivity index (χ4v) is 1.42. The van der Waals surface area contributed by atoms with Gasteiger partial charge in [0, 0.05) is 13.7 Å². The molecule has 1 aromatic carbocycles. The van der Waals surface area contributed by atoms with Crippen molar-refractivity contribution in [1.29, 1.82) is 0 Å². The molecule has 2 N–H and O–H groups in total. The molecule has 0 aliphatic rings. The second-order valence-electron chi connectivity index (χ2n) is 3.83. The van der Waals surface area contributed by atoms with E-state index in [-0.39, 0.29) is 0 Å². The molecular formula is C13H21NO3. The van der Waals surface area contributed by atoms with Gasteiger partial charge in [0.05, 0.1) is 19.3 Å². The topological polar surface area (TPSA) is 50.7 Å². The number of nitrogens with one attached hydrogen (secondary N) is 1. The number of aliphatic hydroxyl groups is 1. The van der Waals surface area contributed by atoms with Crippen molar-refractivity contribution in [2.24, 2.45) is 0 Å². The van der Waals surface area contributed by atoms with Crippen LogP contribution < -0.4 is 10.1 Å². The Kier molecular flexibility index (Phi) is 7.38. The highest BCUT2D eigenvalue weighted by molar-refractivity contribution is 5.20. The Bertz CT molecular complexity index is 279. The smallest absolute Gasteiger partial charge is 0.119 e. The lowest BCUT2D eigenvalue weighted by molar-refractivity contribution is 0.0645. The second kappa shape index (κ2) is 8.98. The predicted octanol–water partition coefficient (Wildman–Crippen LogP) is 1.05. The summed E-state index contributed by atoms with van der Waals surface area (Å²) in [5.41, 5.74) is 0. The summed E-state index contributed by atoms with van der Waals surface area (Å²) >= 11 is 0. The number of para-hydroxylation sites is 1. The Morgan fingerprint density at radius 1 is 1.29 bits per heavy atom. The van der Waals surface area contributed by atoms with Gasteiger partial charge in [0.15, 0.2) is 0 Å². The fourth-order valence-electron chi connectivity index (χ4n) is 1.42. The Balaban J connectivity index is 1.95. The van der Waals surface area contributed by atoms with Gasteiger partial charge in [-0.15, -0.1) is 0 Å². The first-order valence-electron chi connectivity index (χ1n) is 5.88. The van der Waals surface area contributed by atoms with Gasteiger partial charge in [-0.05, 0) is 25.1 Å². The summed E-state index contributed by atoms with van der Waals surface area (Å²) in [6.45, 7) is 2.43. The lowest BCUT2D eigenvalue weighted by Gasteiger charge is -2.10. The summed E-state index contributed by atoms with van der Waals surface area (Å²) in [4.78, 5) is 0. The van der Waals surface area contributed by atoms with Gasteiger partial charge in [-0.3, -0.25) is 0 Å². The molecule has 0 aliphatic carbocycles. The highest BCUT2D eigenvalue weighted by Crippen LogP contribution is 2.07. The van der Waals surface area contributed by atoms with Gasteiger partial charge in [0.25, 0.3) is 0 Å². The highest BCUT2D eigenvalue weighted by atomic mass is 16.5. The second-order valence-corrected chi connectivity index (χ2v) is 3.83. The standard InChI is InChI=1S/C13H21NO3/c1-16-11-12(15)10-14-8-5-9-17-13-6-3-2-4-7-13/h2-4,6-7,12,14-15H,5,8-11H2,1H3. The van der Waals surface area contributed by atoms with E-state index >= 15 is 0 Å². The molecule has 0 fully saturated rings. The summed E-state index contributed by atoms with van der Waals surface area (Å²) in [6, 6.07) is 9.75. The molecule has 0 saturated heterocycles. The number of ether oxygens (including phenoxy) is 2. The highest BCUT2D eigenvalue weighted by Gasteiger charge is 2.01. The summed E-state index contributed by atoms with van der Waals surface area (Å²) < 4.78 is 10.4. The lowest BCUT2D eigenvalue weighted by Crippen LogP contribution is -2.31. The van der Waals surface area contributed by atoms with Crippen LogP contribution in [0.25, 0.3) is 0 Å². The molecule has 0 heterocycles. The van der Waals surface area contributed by atoms with Crippen LogP contribution in [0.15, 0.2) is 30.3 Å². The molecular weight excluding hydrogens is 218 g/mol. The first-order valence-corrected chi connectivity index (χ1v) is 5.88. The van der Waals surface area contributed by atoms with Crippen LogP contribution in [-0.4, -0.2) is 44.6 Å². The van der Waals surface area contributed by atoms with E-state index in [4.69, 9.17) is 9.47 Å². The molecule has 17 heavy (non-hydrogen) atoms. The van der Waals surface area contributed by atoms with E-state index in [0.29, 0.717) is 19.8 Å². The number of hydrogen-bond donors (Lipinski definition) is 2. The number of benzene rings is 1. The average Bonchev–Trinajstić information content (AvgIpc) is 2.35. The monoisotopic (exact) mass is 239 g/mol. The van der Waals surface area contributed by atoms with Gasteiger partial charge < -0.3 is 19.9 Å². The number of rotatable bonds is 9. The molecule has 4 heteroatoms. The van der Waals surface area contributed by atoms with Gasteiger partial charge in [-0.1, -0.05) is 18.2 Å². The predicted molar refractivity (Wildman–Crippen MR) is 67.3 cm³/mol. The first-order chi connectivity index (χ1) is 8.33. The van der Waals surface area contributed by atoms with E-state index in [9.17, 15) is 5.11 Å². The summed E-state index contributed by atoms with van der Waals surface area (Å²) in [5, 5.41) is 12.5. The molecule has 1 unspecified atom stereocenters. The van der Waals surface area contributed by atoms with Crippen molar-refractivity contribution >= 4 is 0 Å². The molecule has 96 valence electrons. The molecule has 0 amide bonds. The molecule has 1 atom stereocenters. The van der Waals surface area contributed by atoms with Crippen LogP contribution in [-0.2, 0) is 4.74 Å². The Hall–Kier alpha value is -1.10. The van der Waals surface area contributed by atoms with E-state index in [2.05, 4.69) is 5.32 Å². The molecule has 1 rings (SSSR count). The Labute approximate surface area is 103 Å². The van der Waals surface area contributed by atoms with Gasteiger partial charge >= 0.3 is 0 Å². The van der Waals surface area contributed by atoms with Crippen molar-refractivity contribution in [3.63, 3.8) is 0 Å². The zero-order valence-corrected chi connectivity index (χ0v) is 10.3. The zero-order valence-electron chi connectivity index (χ0n) is 10.3. The van der Waals surface area contributed by atoms with Crippen LogP contribution in [0.3, 0.4) is 0 Å². The van der Waals surface area contributed by atoms with Crippen LogP contribution in [0.5, 0.6) is 5.75 Å². The number of hydrogen-bond acceptors (Lipinski definition) is 4. The van der Waals surface area contributed by atoms with Crippen LogP contribution in [0.2, 0.25) is 0 Å². The molecule has 0 aliphatic heterocycles. The number of aliphatic hydroxyl groups excluding tert-OH is 1. The normalized spacial score (nSPS) is 12.4. The van der Waals surface area contributed by atoms with Crippen molar-refractivity contribution in [3.05, 3.63) is 30.3 Å². The third kappa shape index (κ3) is 6.94. The van der Waals surface area contributed by atoms with Crippen molar-refractivity contribution in [2.45, 2.75) is 12.5 Å². The minimum atomic E-state index is -0.435. The van der Waals surface area contributed by atoms with E-state index in [1.54, 1.807) is 7.11 Å². The first kappa shape index (κ1) is 14.0. The van der Waals surface area contributed by atoms with Crippen molar-refractivity contribution in [3.8, 4) is 5.75 Å². The van der Waals surface area contributed by atoms with Crippen LogP contribution in [0.1, 0.15) is 6.42 Å². The van der Waals surface area contributed by atoms with E-state index in [0.717, 1.165) is 18.7 Å². The largest absolute Gasteiger partial charge is 0.494 e. The quantitative estimate of drug-likeness (QED) is 0.633. The van der Waals surface area contributed by atoms with Crippen molar-refractivity contribution < 1.29 is 14.6 Å². The third-order valence-corrected chi connectivity index (χ3v) is 2.25. The molecule has 0 spiro atoms. The maximum Gasteiger partial charge on any atom is 0.119 e. The molecule has 0 saturated carbocycles. The maximum atomic E-state index is 9.36. The molecule has 0 bridgehead atoms. The van der Waals surface area contributed by atoms with Gasteiger partial charge in [0.1, 0.15) is 5.75 Å². The number of methoxy groups -OCH3 is 1. The summed E-state index contributed by atoms with van der Waals surface area (Å²) in [5.74, 6) is 0.895. The van der Waals surface area contributed by atoms with Crippen molar-refractivity contribution in [2.75, 3.05) is 33.4 Å².